The highest BCUT2D eigenvalue weighted by Gasteiger charge is 2.15. The van der Waals surface area contributed by atoms with E-state index in [2.05, 4.69) is 15.9 Å². The van der Waals surface area contributed by atoms with Gasteiger partial charge in [0.1, 0.15) is 0 Å². The minimum atomic E-state index is -0.0317. The van der Waals surface area contributed by atoms with Crippen molar-refractivity contribution in [1.29, 1.82) is 0 Å². The molecule has 3 heteroatoms. The van der Waals surface area contributed by atoms with E-state index in [1.165, 1.54) is 0 Å². The van der Waals surface area contributed by atoms with E-state index in [-0.39, 0.29) is 5.95 Å². The van der Waals surface area contributed by atoms with E-state index in [9.17, 15) is 5.11 Å². The lowest BCUT2D eigenvalue weighted by molar-refractivity contribution is 0.334. The Bertz CT molecular complexity index is 446. The maximum absolute atomic E-state index is 9.39. The van der Waals surface area contributed by atoms with Gasteiger partial charge in [0.05, 0.1) is 4.47 Å². The third-order valence-electron chi connectivity index (χ3n) is 2.08. The lowest BCUT2D eigenvalue weighted by Gasteiger charge is -1.95. The zero-order valence-electron chi connectivity index (χ0n) is 7.62. The molecule has 0 unspecified atom stereocenters. The summed E-state index contributed by atoms with van der Waals surface area (Å²) in [5.74, 6) is 0.635. The van der Waals surface area contributed by atoms with Crippen molar-refractivity contribution >= 4 is 15.9 Å². The first-order valence-corrected chi connectivity index (χ1v) is 5.02. The van der Waals surface area contributed by atoms with Gasteiger partial charge >= 0.3 is 0 Å². The molecule has 0 aliphatic carbocycles. The SMILES string of the molecule is Cc1c(O)oc(-c2ccccc2)c1Br. The van der Waals surface area contributed by atoms with Crippen molar-refractivity contribution in [3.8, 4) is 17.3 Å². The van der Waals surface area contributed by atoms with Crippen molar-refractivity contribution < 1.29 is 9.52 Å². The number of halogens is 1. The summed E-state index contributed by atoms with van der Waals surface area (Å²) in [7, 11) is 0. The fourth-order valence-corrected chi connectivity index (χ4v) is 1.74. The maximum atomic E-state index is 9.39. The van der Waals surface area contributed by atoms with Crippen LogP contribution in [0.5, 0.6) is 5.95 Å². The van der Waals surface area contributed by atoms with Gasteiger partial charge in [0, 0.05) is 11.1 Å². The molecule has 0 radical (unpaired) electrons. The molecule has 1 N–H and O–H groups in total. The molecule has 0 fully saturated rings. The van der Waals surface area contributed by atoms with Crippen LogP contribution in [-0.2, 0) is 0 Å². The fourth-order valence-electron chi connectivity index (χ4n) is 1.26. The van der Waals surface area contributed by atoms with Crippen LogP contribution in [0.3, 0.4) is 0 Å². The van der Waals surface area contributed by atoms with Crippen LogP contribution in [0, 0.1) is 6.92 Å². The molecule has 0 aliphatic heterocycles. The van der Waals surface area contributed by atoms with E-state index < -0.39 is 0 Å². The molecule has 2 rings (SSSR count). The van der Waals surface area contributed by atoms with Crippen LogP contribution in [0.4, 0.5) is 0 Å². The number of hydrogen-bond acceptors (Lipinski definition) is 2. The summed E-state index contributed by atoms with van der Waals surface area (Å²) in [5.41, 5.74) is 1.67. The highest BCUT2D eigenvalue weighted by atomic mass is 79.9. The van der Waals surface area contributed by atoms with Crippen LogP contribution in [0.2, 0.25) is 0 Å². The molecule has 0 saturated heterocycles. The van der Waals surface area contributed by atoms with E-state index in [1.807, 2.05) is 30.3 Å². The van der Waals surface area contributed by atoms with Gasteiger partial charge in [-0.25, -0.2) is 0 Å². The number of furan rings is 1. The summed E-state index contributed by atoms with van der Waals surface area (Å²) < 4.78 is 6.05. The number of hydrogen-bond donors (Lipinski definition) is 1. The first-order chi connectivity index (χ1) is 6.70. The lowest BCUT2D eigenvalue weighted by atomic mass is 10.1. The Morgan fingerprint density at radius 3 is 2.36 bits per heavy atom. The Kier molecular flexibility index (Phi) is 2.33. The normalized spacial score (nSPS) is 10.4. The van der Waals surface area contributed by atoms with E-state index in [0.29, 0.717) is 5.76 Å². The van der Waals surface area contributed by atoms with Crippen molar-refractivity contribution in [2.75, 3.05) is 0 Å². The Labute approximate surface area is 90.3 Å². The first-order valence-electron chi connectivity index (χ1n) is 4.23. The van der Waals surface area contributed by atoms with Crippen LogP contribution in [-0.4, -0.2) is 5.11 Å². The smallest absolute Gasteiger partial charge is 0.286 e. The standard InChI is InChI=1S/C11H9BrO2/c1-7-9(12)10(14-11(7)13)8-5-3-2-4-6-8/h2-6,13H,1H3. The highest BCUT2D eigenvalue weighted by Crippen LogP contribution is 2.38. The summed E-state index contributed by atoms with van der Waals surface area (Å²) in [6.45, 7) is 1.80. The maximum Gasteiger partial charge on any atom is 0.286 e. The van der Waals surface area contributed by atoms with Crippen LogP contribution in [0.1, 0.15) is 5.56 Å². The second-order valence-corrected chi connectivity index (χ2v) is 3.83. The van der Waals surface area contributed by atoms with Crippen LogP contribution in [0.25, 0.3) is 11.3 Å². The molecule has 0 aliphatic rings. The van der Waals surface area contributed by atoms with Gasteiger partial charge in [0.15, 0.2) is 5.76 Å². The third-order valence-corrected chi connectivity index (χ3v) is 3.04. The van der Waals surface area contributed by atoms with E-state index in [1.54, 1.807) is 6.92 Å². The number of rotatable bonds is 1. The molecule has 1 aromatic heterocycles. The molecule has 0 atom stereocenters. The molecule has 2 nitrogen and oxygen atoms in total. The van der Waals surface area contributed by atoms with Crippen LogP contribution < -0.4 is 0 Å². The quantitative estimate of drug-likeness (QED) is 0.840. The predicted molar refractivity (Wildman–Crippen MR) is 58.2 cm³/mol. The average Bonchev–Trinajstić information content (AvgIpc) is 2.47. The molecule has 1 heterocycles. The third kappa shape index (κ3) is 1.44. The van der Waals surface area contributed by atoms with Gasteiger partial charge in [0.25, 0.3) is 5.95 Å². The molecule has 2 aromatic rings. The molecule has 14 heavy (non-hydrogen) atoms. The van der Waals surface area contributed by atoms with Gasteiger partial charge in [-0.1, -0.05) is 30.3 Å². The average molecular weight is 253 g/mol. The van der Waals surface area contributed by atoms with Gasteiger partial charge < -0.3 is 9.52 Å². The van der Waals surface area contributed by atoms with E-state index in [4.69, 9.17) is 4.42 Å². The van der Waals surface area contributed by atoms with Crippen LogP contribution >= 0.6 is 15.9 Å². The van der Waals surface area contributed by atoms with Gasteiger partial charge in [-0.2, -0.15) is 0 Å². The number of aromatic hydroxyl groups is 1. The summed E-state index contributed by atoms with van der Waals surface area (Å²) >= 11 is 3.38. The molecule has 0 bridgehead atoms. The van der Waals surface area contributed by atoms with Crippen molar-refractivity contribution in [3.05, 3.63) is 40.4 Å². The van der Waals surface area contributed by atoms with Gasteiger partial charge in [-0.3, -0.25) is 0 Å². The monoisotopic (exact) mass is 252 g/mol. The molecule has 1 aromatic carbocycles. The Balaban J connectivity index is 2.58. The molecule has 72 valence electrons. The Morgan fingerprint density at radius 2 is 1.86 bits per heavy atom. The first kappa shape index (κ1) is 9.34. The summed E-state index contributed by atoms with van der Waals surface area (Å²) in [4.78, 5) is 0. The minimum Gasteiger partial charge on any atom is -0.480 e. The minimum absolute atomic E-state index is 0.0317. The lowest BCUT2D eigenvalue weighted by Crippen LogP contribution is -1.73. The molecule has 0 spiro atoms. The van der Waals surface area contributed by atoms with Gasteiger partial charge in [-0.15, -0.1) is 0 Å². The van der Waals surface area contributed by atoms with E-state index >= 15 is 0 Å². The largest absolute Gasteiger partial charge is 0.480 e. The second-order valence-electron chi connectivity index (χ2n) is 3.04. The van der Waals surface area contributed by atoms with Gasteiger partial charge in [-0.05, 0) is 22.9 Å². The molecular formula is C11H9BrO2. The Hall–Kier alpha value is -1.22. The van der Waals surface area contributed by atoms with Crippen molar-refractivity contribution in [2.24, 2.45) is 0 Å². The van der Waals surface area contributed by atoms with Crippen molar-refractivity contribution in [3.63, 3.8) is 0 Å². The fraction of sp³-hybridized carbons (Fsp3) is 0.0909. The summed E-state index contributed by atoms with van der Waals surface area (Å²) in [6, 6.07) is 9.66. The zero-order chi connectivity index (χ0) is 10.1. The van der Waals surface area contributed by atoms with E-state index in [0.717, 1.165) is 15.6 Å². The number of benzene rings is 1. The van der Waals surface area contributed by atoms with Crippen molar-refractivity contribution in [2.45, 2.75) is 6.92 Å². The summed E-state index contributed by atoms with van der Waals surface area (Å²) in [6.07, 6.45) is 0. The second kappa shape index (κ2) is 3.50. The Morgan fingerprint density at radius 1 is 1.21 bits per heavy atom. The topological polar surface area (TPSA) is 33.4 Å². The van der Waals surface area contributed by atoms with Crippen molar-refractivity contribution in [1.82, 2.24) is 0 Å². The predicted octanol–water partition coefficient (Wildman–Crippen LogP) is 3.72. The molecule has 0 saturated carbocycles. The van der Waals surface area contributed by atoms with Crippen LogP contribution in [0.15, 0.2) is 39.2 Å². The summed E-state index contributed by atoms with van der Waals surface area (Å²) in [5, 5.41) is 9.39. The van der Waals surface area contributed by atoms with Gasteiger partial charge in [0.2, 0.25) is 0 Å². The molecule has 0 amide bonds. The zero-order valence-corrected chi connectivity index (χ0v) is 9.21. The molecular weight excluding hydrogens is 244 g/mol. The highest BCUT2D eigenvalue weighted by molar-refractivity contribution is 9.10.